The fraction of sp³-hybridized carbons (Fsp3) is 0.312. The maximum atomic E-state index is 12.4. The van der Waals surface area contributed by atoms with E-state index in [0.717, 1.165) is 0 Å². The summed E-state index contributed by atoms with van der Waals surface area (Å²) in [5.74, 6) is -1.46. The molecule has 24 heavy (non-hydrogen) atoms. The SMILES string of the molecule is N#Cc1cnc2ccc(OC(F)F)cc2c1N1CCC(C(=O)O)C1. The molecule has 0 radical (unpaired) electrons. The second-order valence-electron chi connectivity index (χ2n) is 5.46. The van der Waals surface area contributed by atoms with Gasteiger partial charge in [-0.25, -0.2) is 0 Å². The van der Waals surface area contributed by atoms with Gasteiger partial charge in [-0.15, -0.1) is 0 Å². The monoisotopic (exact) mass is 333 g/mol. The van der Waals surface area contributed by atoms with Crippen LogP contribution in [-0.2, 0) is 4.79 Å². The number of aliphatic carboxylic acids is 1. The molecule has 0 spiro atoms. The number of pyridine rings is 1. The van der Waals surface area contributed by atoms with Gasteiger partial charge in [0.05, 0.1) is 22.7 Å². The van der Waals surface area contributed by atoms with Crippen molar-refractivity contribution in [2.45, 2.75) is 13.0 Å². The normalized spacial score (nSPS) is 17.2. The van der Waals surface area contributed by atoms with Crippen LogP contribution in [0.4, 0.5) is 14.5 Å². The van der Waals surface area contributed by atoms with E-state index in [0.29, 0.717) is 29.6 Å². The second-order valence-corrected chi connectivity index (χ2v) is 5.46. The zero-order chi connectivity index (χ0) is 17.3. The quantitative estimate of drug-likeness (QED) is 0.925. The van der Waals surface area contributed by atoms with E-state index in [2.05, 4.69) is 9.72 Å². The summed E-state index contributed by atoms with van der Waals surface area (Å²) in [6.07, 6.45) is 1.86. The van der Waals surface area contributed by atoms with Gasteiger partial charge in [0.1, 0.15) is 11.8 Å². The van der Waals surface area contributed by atoms with Crippen LogP contribution in [0.3, 0.4) is 0 Å². The highest BCUT2D eigenvalue weighted by Gasteiger charge is 2.30. The average molecular weight is 333 g/mol. The van der Waals surface area contributed by atoms with Gasteiger partial charge in [0.25, 0.3) is 0 Å². The molecular formula is C16H13F2N3O3. The number of aromatic nitrogens is 1. The predicted octanol–water partition coefficient (Wildman–Crippen LogP) is 2.62. The number of benzene rings is 1. The van der Waals surface area contributed by atoms with Crippen molar-refractivity contribution in [3.63, 3.8) is 0 Å². The maximum Gasteiger partial charge on any atom is 0.387 e. The van der Waals surface area contributed by atoms with E-state index in [-0.39, 0.29) is 17.9 Å². The Kier molecular flexibility index (Phi) is 4.16. The van der Waals surface area contributed by atoms with Crippen LogP contribution in [-0.4, -0.2) is 35.8 Å². The summed E-state index contributed by atoms with van der Waals surface area (Å²) in [6.45, 7) is -2.24. The van der Waals surface area contributed by atoms with Gasteiger partial charge in [-0.2, -0.15) is 14.0 Å². The Hall–Kier alpha value is -2.95. The summed E-state index contributed by atoms with van der Waals surface area (Å²) < 4.78 is 29.3. The number of anilines is 1. The predicted molar refractivity (Wildman–Crippen MR) is 81.0 cm³/mol. The first-order valence-corrected chi connectivity index (χ1v) is 7.25. The van der Waals surface area contributed by atoms with Crippen molar-refractivity contribution >= 4 is 22.6 Å². The molecule has 2 aromatic rings. The molecule has 1 aromatic heterocycles. The number of carboxylic acid groups (broad SMARTS) is 1. The van der Waals surface area contributed by atoms with E-state index in [1.165, 1.54) is 24.4 Å². The van der Waals surface area contributed by atoms with Gasteiger partial charge in [-0.1, -0.05) is 0 Å². The van der Waals surface area contributed by atoms with Crippen LogP contribution < -0.4 is 9.64 Å². The van der Waals surface area contributed by atoms with Gasteiger partial charge in [0, 0.05) is 24.7 Å². The van der Waals surface area contributed by atoms with Gasteiger partial charge in [-0.3, -0.25) is 9.78 Å². The number of nitrogens with zero attached hydrogens (tertiary/aromatic N) is 3. The number of alkyl halides is 2. The molecule has 1 atom stereocenters. The smallest absolute Gasteiger partial charge is 0.387 e. The van der Waals surface area contributed by atoms with Gasteiger partial charge < -0.3 is 14.7 Å². The number of ether oxygens (including phenoxy) is 1. The zero-order valence-corrected chi connectivity index (χ0v) is 12.4. The Labute approximate surface area is 135 Å². The number of carboxylic acids is 1. The number of rotatable bonds is 4. The van der Waals surface area contributed by atoms with Crippen LogP contribution in [0.25, 0.3) is 10.9 Å². The minimum Gasteiger partial charge on any atom is -0.481 e. The van der Waals surface area contributed by atoms with Crippen molar-refractivity contribution in [2.75, 3.05) is 18.0 Å². The van der Waals surface area contributed by atoms with E-state index in [1.807, 2.05) is 6.07 Å². The Morgan fingerprint density at radius 2 is 2.29 bits per heavy atom. The highest BCUT2D eigenvalue weighted by atomic mass is 19.3. The van der Waals surface area contributed by atoms with E-state index in [9.17, 15) is 18.8 Å². The molecule has 1 fully saturated rings. The molecule has 0 bridgehead atoms. The first-order valence-electron chi connectivity index (χ1n) is 7.25. The summed E-state index contributed by atoms with van der Waals surface area (Å²) in [5.41, 5.74) is 1.29. The van der Waals surface area contributed by atoms with Gasteiger partial charge in [0.2, 0.25) is 0 Å². The molecule has 2 heterocycles. The minimum absolute atomic E-state index is 0.0374. The van der Waals surface area contributed by atoms with Crippen LogP contribution in [0.2, 0.25) is 0 Å². The van der Waals surface area contributed by atoms with Crippen LogP contribution >= 0.6 is 0 Å². The first-order chi connectivity index (χ1) is 11.5. The lowest BCUT2D eigenvalue weighted by Gasteiger charge is -2.21. The molecule has 0 amide bonds. The van der Waals surface area contributed by atoms with Gasteiger partial charge >= 0.3 is 12.6 Å². The van der Waals surface area contributed by atoms with Crippen molar-refractivity contribution in [3.05, 3.63) is 30.0 Å². The molecule has 124 valence electrons. The molecule has 0 saturated carbocycles. The fourth-order valence-corrected chi connectivity index (χ4v) is 2.92. The van der Waals surface area contributed by atoms with Gasteiger partial charge in [0.15, 0.2) is 0 Å². The number of carbonyl (C=O) groups is 1. The third-order valence-corrected chi connectivity index (χ3v) is 4.01. The number of nitriles is 1. The topological polar surface area (TPSA) is 86.5 Å². The molecule has 3 rings (SSSR count). The summed E-state index contributed by atoms with van der Waals surface area (Å²) in [7, 11) is 0. The highest BCUT2D eigenvalue weighted by molar-refractivity contribution is 5.95. The Morgan fingerprint density at radius 1 is 1.50 bits per heavy atom. The average Bonchev–Trinajstić information content (AvgIpc) is 3.02. The molecule has 8 heteroatoms. The standard InChI is InChI=1S/C16H13F2N3O3/c17-16(18)24-11-1-2-13-12(5-11)14(10(6-19)7-20-13)21-4-3-9(8-21)15(22)23/h1-2,5,7,9,16H,3-4,8H2,(H,22,23). The molecule has 1 aromatic carbocycles. The third kappa shape index (κ3) is 2.93. The Morgan fingerprint density at radius 3 is 2.92 bits per heavy atom. The zero-order valence-electron chi connectivity index (χ0n) is 12.4. The molecule has 1 N–H and O–H groups in total. The van der Waals surface area contributed by atoms with E-state index >= 15 is 0 Å². The van der Waals surface area contributed by atoms with E-state index in [1.54, 1.807) is 4.90 Å². The summed E-state index contributed by atoms with van der Waals surface area (Å²) in [5, 5.41) is 19.0. The second kappa shape index (κ2) is 6.28. The molecule has 1 aliphatic heterocycles. The molecule has 1 saturated heterocycles. The lowest BCUT2D eigenvalue weighted by molar-refractivity contribution is -0.140. The summed E-state index contributed by atoms with van der Waals surface area (Å²) in [6, 6.07) is 6.34. The fourth-order valence-electron chi connectivity index (χ4n) is 2.92. The molecule has 1 unspecified atom stereocenters. The van der Waals surface area contributed by atoms with Crippen LogP contribution in [0, 0.1) is 17.2 Å². The first kappa shape index (κ1) is 15.9. The van der Waals surface area contributed by atoms with Crippen molar-refractivity contribution in [1.82, 2.24) is 4.98 Å². The Bertz CT molecular complexity index is 835. The van der Waals surface area contributed by atoms with E-state index < -0.39 is 18.5 Å². The highest BCUT2D eigenvalue weighted by Crippen LogP contribution is 2.35. The maximum absolute atomic E-state index is 12.4. The Balaban J connectivity index is 2.10. The lowest BCUT2D eigenvalue weighted by atomic mass is 10.1. The van der Waals surface area contributed by atoms with E-state index in [4.69, 9.17) is 5.11 Å². The molecule has 0 aliphatic carbocycles. The summed E-state index contributed by atoms with van der Waals surface area (Å²) >= 11 is 0. The molecular weight excluding hydrogens is 320 g/mol. The minimum atomic E-state index is -2.96. The third-order valence-electron chi connectivity index (χ3n) is 4.01. The van der Waals surface area contributed by atoms with Crippen molar-refractivity contribution in [2.24, 2.45) is 5.92 Å². The van der Waals surface area contributed by atoms with Crippen molar-refractivity contribution < 1.29 is 23.4 Å². The van der Waals surface area contributed by atoms with Crippen LogP contribution in [0.15, 0.2) is 24.4 Å². The molecule has 6 nitrogen and oxygen atoms in total. The number of fused-ring (bicyclic) bond motifs is 1. The van der Waals surface area contributed by atoms with Crippen molar-refractivity contribution in [3.8, 4) is 11.8 Å². The number of hydrogen-bond donors (Lipinski definition) is 1. The largest absolute Gasteiger partial charge is 0.481 e. The van der Waals surface area contributed by atoms with Crippen molar-refractivity contribution in [1.29, 1.82) is 5.26 Å². The molecule has 1 aliphatic rings. The van der Waals surface area contributed by atoms with Crippen LogP contribution in [0.1, 0.15) is 12.0 Å². The number of halogens is 2. The van der Waals surface area contributed by atoms with Crippen LogP contribution in [0.5, 0.6) is 5.75 Å². The summed E-state index contributed by atoms with van der Waals surface area (Å²) in [4.78, 5) is 17.1. The lowest BCUT2D eigenvalue weighted by Crippen LogP contribution is -2.23. The van der Waals surface area contributed by atoms with Gasteiger partial charge in [-0.05, 0) is 24.6 Å². The number of hydrogen-bond acceptors (Lipinski definition) is 5.